The van der Waals surface area contributed by atoms with Gasteiger partial charge in [0.1, 0.15) is 6.33 Å². The van der Waals surface area contributed by atoms with Gasteiger partial charge in [0.25, 0.3) is 5.91 Å². The molecule has 0 spiro atoms. The summed E-state index contributed by atoms with van der Waals surface area (Å²) in [5, 5.41) is 37.2. The van der Waals surface area contributed by atoms with E-state index >= 15 is 0 Å². The highest BCUT2D eigenvalue weighted by molar-refractivity contribution is 7.98. The maximum absolute atomic E-state index is 12.8. The highest BCUT2D eigenvalue weighted by Gasteiger charge is 2.24. The normalized spacial score (nSPS) is 11.2. The van der Waals surface area contributed by atoms with Crippen molar-refractivity contribution in [3.8, 4) is 17.3 Å². The summed E-state index contributed by atoms with van der Waals surface area (Å²) in [7, 11) is 3.22. The zero-order valence-corrected chi connectivity index (χ0v) is 18.1. The molecule has 0 saturated heterocycles. The third kappa shape index (κ3) is 4.59. The molecule has 0 bridgehead atoms. The lowest BCUT2D eigenvalue weighted by Gasteiger charge is -2.05. The molecule has 0 aliphatic rings. The fraction of sp³-hybridized carbons (Fsp3) is 0.176. The maximum Gasteiger partial charge on any atom is 0.293 e. The Balaban J connectivity index is 1.57. The average molecular weight is 471 g/mol. The second kappa shape index (κ2) is 9.35. The molecular weight excluding hydrogens is 454 g/mol. The number of aromatic hydroxyl groups is 1. The lowest BCUT2D eigenvalue weighted by atomic mass is 10.2. The van der Waals surface area contributed by atoms with Gasteiger partial charge in [0.05, 0.1) is 19.0 Å². The smallest absolute Gasteiger partial charge is 0.293 e. The minimum absolute atomic E-state index is 0.00694. The van der Waals surface area contributed by atoms with Crippen LogP contribution in [-0.2, 0) is 12.8 Å². The molecule has 16 heteroatoms. The number of hydrazone groups is 1. The van der Waals surface area contributed by atoms with Gasteiger partial charge in [-0.05, 0) is 34.1 Å². The Kier molecular flexibility index (Phi) is 6.16. The first-order valence-corrected chi connectivity index (χ1v) is 10.2. The Labute approximate surface area is 189 Å². The molecular formula is C17H17N11O4S. The van der Waals surface area contributed by atoms with Crippen LogP contribution < -0.4 is 15.9 Å². The number of nitrogens with zero attached hydrogens (tertiary/aromatic N) is 9. The topological polar surface area (TPSA) is 197 Å². The van der Waals surface area contributed by atoms with Crippen LogP contribution in [-0.4, -0.2) is 64.4 Å². The predicted octanol–water partition coefficient (Wildman–Crippen LogP) is 0.131. The summed E-state index contributed by atoms with van der Waals surface area (Å²) in [6, 6.07) is 4.61. The van der Waals surface area contributed by atoms with E-state index in [0.717, 1.165) is 0 Å². The molecule has 0 aliphatic carbocycles. The molecule has 0 aliphatic heterocycles. The number of aromatic nitrogens is 8. The molecule has 3 heterocycles. The van der Waals surface area contributed by atoms with Crippen molar-refractivity contribution in [1.82, 2.24) is 45.5 Å². The highest BCUT2D eigenvalue weighted by Crippen LogP contribution is 2.26. The van der Waals surface area contributed by atoms with Gasteiger partial charge in [-0.1, -0.05) is 17.0 Å². The van der Waals surface area contributed by atoms with Crippen LogP contribution in [0.15, 0.2) is 39.4 Å². The van der Waals surface area contributed by atoms with Crippen LogP contribution in [0.4, 0.5) is 5.82 Å². The first-order chi connectivity index (χ1) is 16.0. The van der Waals surface area contributed by atoms with Gasteiger partial charge in [0, 0.05) is 12.8 Å². The SMILES string of the molecule is COc1cc(C=NNC(=O)c2nnn(-c3nonc3N)c2CSc2nncn2C)ccc1O. The molecule has 1 aromatic carbocycles. The second-order valence-corrected chi connectivity index (χ2v) is 7.36. The first kappa shape index (κ1) is 21.8. The monoisotopic (exact) mass is 471 g/mol. The minimum atomic E-state index is -0.619. The van der Waals surface area contributed by atoms with Crippen molar-refractivity contribution in [2.24, 2.45) is 12.1 Å². The van der Waals surface area contributed by atoms with Crippen molar-refractivity contribution in [2.75, 3.05) is 12.8 Å². The van der Waals surface area contributed by atoms with E-state index in [2.05, 4.69) is 46.0 Å². The highest BCUT2D eigenvalue weighted by atomic mass is 32.2. The number of carbonyl (C=O) groups excluding carboxylic acids is 1. The Morgan fingerprint density at radius 2 is 2.24 bits per heavy atom. The quantitative estimate of drug-likeness (QED) is 0.179. The number of anilines is 1. The number of benzene rings is 1. The number of hydrogen-bond acceptors (Lipinski definition) is 13. The summed E-state index contributed by atoms with van der Waals surface area (Å²) in [4.78, 5) is 12.8. The van der Waals surface area contributed by atoms with E-state index in [4.69, 9.17) is 10.5 Å². The maximum atomic E-state index is 12.8. The van der Waals surface area contributed by atoms with Crippen molar-refractivity contribution in [2.45, 2.75) is 10.9 Å². The number of nitrogen functional groups attached to an aromatic ring is 1. The molecule has 3 aromatic heterocycles. The standard InChI is InChI=1S/C17H17N11O4S/c1-27-8-20-23-17(27)33-7-10-13(21-26-28(10)15-14(18)24-32-25-15)16(30)22-19-6-9-3-4-11(29)12(5-9)31-2/h3-6,8,29H,7H2,1-2H3,(H2,18,24)(H,22,30). The molecule has 170 valence electrons. The number of nitrogens with two attached hydrogens (primary N) is 1. The van der Waals surface area contributed by atoms with Crippen molar-refractivity contribution >= 4 is 29.7 Å². The van der Waals surface area contributed by atoms with E-state index in [9.17, 15) is 9.90 Å². The van der Waals surface area contributed by atoms with Crippen molar-refractivity contribution in [1.29, 1.82) is 0 Å². The number of amides is 1. The number of rotatable bonds is 8. The third-order valence-corrected chi connectivity index (χ3v) is 5.31. The molecule has 4 aromatic rings. The van der Waals surface area contributed by atoms with Gasteiger partial charge < -0.3 is 20.1 Å². The third-order valence-electron chi connectivity index (χ3n) is 4.27. The summed E-state index contributed by atoms with van der Waals surface area (Å²) in [6.07, 6.45) is 2.94. The van der Waals surface area contributed by atoms with Gasteiger partial charge in [0.15, 0.2) is 22.3 Å². The molecule has 0 saturated carbocycles. The molecule has 4 N–H and O–H groups in total. The van der Waals surface area contributed by atoms with Gasteiger partial charge >= 0.3 is 0 Å². The predicted molar refractivity (Wildman–Crippen MR) is 114 cm³/mol. The number of ether oxygens (including phenoxy) is 1. The Hall–Kier alpha value is -4.47. The molecule has 4 rings (SSSR count). The zero-order chi connectivity index (χ0) is 23.4. The molecule has 0 unspecified atom stereocenters. The number of carbonyl (C=O) groups is 1. The minimum Gasteiger partial charge on any atom is -0.504 e. The molecule has 0 radical (unpaired) electrons. The molecule has 33 heavy (non-hydrogen) atoms. The van der Waals surface area contributed by atoms with E-state index in [0.29, 0.717) is 16.4 Å². The Morgan fingerprint density at radius 1 is 1.39 bits per heavy atom. The Bertz CT molecular complexity index is 1310. The fourth-order valence-electron chi connectivity index (χ4n) is 2.64. The first-order valence-electron chi connectivity index (χ1n) is 9.18. The summed E-state index contributed by atoms with van der Waals surface area (Å²) >= 11 is 1.30. The molecule has 1 amide bonds. The number of aryl methyl sites for hydroxylation is 1. The molecule has 0 fully saturated rings. The van der Waals surface area contributed by atoms with E-state index in [1.807, 2.05) is 0 Å². The largest absolute Gasteiger partial charge is 0.504 e. The molecule has 0 atom stereocenters. The van der Waals surface area contributed by atoms with Crippen molar-refractivity contribution in [3.63, 3.8) is 0 Å². The second-order valence-electron chi connectivity index (χ2n) is 6.41. The number of thioether (sulfide) groups is 1. The van der Waals surface area contributed by atoms with Crippen LogP contribution in [0.3, 0.4) is 0 Å². The van der Waals surface area contributed by atoms with Crippen LogP contribution in [0, 0.1) is 0 Å². The van der Waals surface area contributed by atoms with Gasteiger partial charge in [-0.3, -0.25) is 4.79 Å². The van der Waals surface area contributed by atoms with Crippen LogP contribution in [0.25, 0.3) is 5.82 Å². The lowest BCUT2D eigenvalue weighted by Crippen LogP contribution is -2.20. The lowest BCUT2D eigenvalue weighted by molar-refractivity contribution is 0.0949. The number of phenols is 1. The van der Waals surface area contributed by atoms with Crippen LogP contribution in [0.5, 0.6) is 11.5 Å². The van der Waals surface area contributed by atoms with E-state index < -0.39 is 5.91 Å². The number of phenolic OH excluding ortho intramolecular Hbond substituents is 1. The van der Waals surface area contributed by atoms with Crippen LogP contribution in [0.2, 0.25) is 0 Å². The summed E-state index contributed by atoms with van der Waals surface area (Å²) in [5.74, 6) is -0.0530. The Morgan fingerprint density at radius 3 is 2.94 bits per heavy atom. The average Bonchev–Trinajstić information content (AvgIpc) is 3.52. The van der Waals surface area contributed by atoms with Crippen LogP contribution >= 0.6 is 11.8 Å². The van der Waals surface area contributed by atoms with Gasteiger partial charge in [-0.25, -0.2) is 10.1 Å². The van der Waals surface area contributed by atoms with E-state index in [1.54, 1.807) is 30.1 Å². The van der Waals surface area contributed by atoms with Gasteiger partial charge in [0.2, 0.25) is 11.6 Å². The van der Waals surface area contributed by atoms with E-state index in [1.165, 1.54) is 35.8 Å². The van der Waals surface area contributed by atoms with Crippen LogP contribution in [0.1, 0.15) is 21.7 Å². The number of hydrogen-bond donors (Lipinski definition) is 3. The number of methoxy groups -OCH3 is 1. The van der Waals surface area contributed by atoms with Gasteiger partial charge in [-0.2, -0.15) is 9.78 Å². The summed E-state index contributed by atoms with van der Waals surface area (Å²) in [5.41, 5.74) is 9.12. The summed E-state index contributed by atoms with van der Waals surface area (Å²) in [6.45, 7) is 0. The fourth-order valence-corrected chi connectivity index (χ4v) is 3.53. The van der Waals surface area contributed by atoms with E-state index in [-0.39, 0.29) is 34.6 Å². The van der Waals surface area contributed by atoms with Crippen molar-refractivity contribution in [3.05, 3.63) is 41.5 Å². The zero-order valence-electron chi connectivity index (χ0n) is 17.3. The molecule has 15 nitrogen and oxygen atoms in total. The number of nitrogens with one attached hydrogen (secondary N) is 1. The van der Waals surface area contributed by atoms with Crippen molar-refractivity contribution < 1.29 is 19.3 Å². The summed E-state index contributed by atoms with van der Waals surface area (Å²) < 4.78 is 12.7. The van der Waals surface area contributed by atoms with Gasteiger partial charge in [-0.15, -0.1) is 15.3 Å².